The van der Waals surface area contributed by atoms with E-state index in [1.165, 1.54) is 48.1 Å². The number of halogens is 1. The van der Waals surface area contributed by atoms with Crippen LogP contribution in [0.3, 0.4) is 0 Å². The molecule has 0 radical (unpaired) electrons. The molecule has 1 aliphatic rings. The lowest BCUT2D eigenvalue weighted by Crippen LogP contribution is -2.02. The van der Waals surface area contributed by atoms with E-state index in [4.69, 9.17) is 0 Å². The van der Waals surface area contributed by atoms with Gasteiger partial charge in [0.2, 0.25) is 0 Å². The zero-order valence-corrected chi connectivity index (χ0v) is 15.5. The lowest BCUT2D eigenvalue weighted by molar-refractivity contribution is 0.628. The average Bonchev–Trinajstić information content (AvgIpc) is 3.15. The number of nitrogens with zero attached hydrogens (tertiary/aromatic N) is 2. The summed E-state index contributed by atoms with van der Waals surface area (Å²) in [7, 11) is 0. The smallest absolute Gasteiger partial charge is 0.143 e. The van der Waals surface area contributed by atoms with Crippen molar-refractivity contribution in [3.05, 3.63) is 71.1 Å². The Morgan fingerprint density at radius 3 is 2.59 bits per heavy atom. The molecule has 0 fully saturated rings. The van der Waals surface area contributed by atoms with Gasteiger partial charge in [-0.15, -0.1) is 11.3 Å². The van der Waals surface area contributed by atoms with Crippen LogP contribution in [0.1, 0.15) is 24.0 Å². The maximum Gasteiger partial charge on any atom is 0.143 e. The lowest BCUT2D eigenvalue weighted by Gasteiger charge is -2.16. The molecule has 0 atom stereocenters. The fraction of sp³-hybridized carbons (Fsp3) is 0.182. The van der Waals surface area contributed by atoms with Crippen LogP contribution in [0.4, 0.5) is 15.9 Å². The molecule has 2 aromatic heterocycles. The molecule has 1 aliphatic carbocycles. The van der Waals surface area contributed by atoms with E-state index in [1.54, 1.807) is 29.8 Å². The lowest BCUT2D eigenvalue weighted by atomic mass is 9.89. The molecule has 0 amide bonds. The number of hydrogen-bond acceptors (Lipinski definition) is 4. The van der Waals surface area contributed by atoms with Crippen LogP contribution in [0.2, 0.25) is 0 Å². The van der Waals surface area contributed by atoms with Gasteiger partial charge >= 0.3 is 0 Å². The van der Waals surface area contributed by atoms with E-state index in [1.807, 2.05) is 0 Å². The maximum atomic E-state index is 13.2. The van der Waals surface area contributed by atoms with Crippen LogP contribution >= 0.6 is 11.3 Å². The predicted molar refractivity (Wildman–Crippen MR) is 109 cm³/mol. The third kappa shape index (κ3) is 3.08. The Hall–Kier alpha value is -2.79. The number of anilines is 2. The number of nitrogens with one attached hydrogen (secondary N) is 1. The quantitative estimate of drug-likeness (QED) is 0.469. The SMILES string of the molecule is Fc1ccc(Nc2ncnc3scc(-c4ccc5c(c4)CCCC5)c23)cc1. The molecule has 2 aromatic carbocycles. The van der Waals surface area contributed by atoms with Gasteiger partial charge in [0, 0.05) is 16.6 Å². The van der Waals surface area contributed by atoms with Gasteiger partial charge in [0.25, 0.3) is 0 Å². The number of thiophene rings is 1. The van der Waals surface area contributed by atoms with Crippen LogP contribution in [0.15, 0.2) is 54.2 Å². The second-order valence-corrected chi connectivity index (χ2v) is 7.73. The molecule has 134 valence electrons. The van der Waals surface area contributed by atoms with E-state index in [9.17, 15) is 4.39 Å². The molecule has 1 N–H and O–H groups in total. The number of rotatable bonds is 3. The molecule has 0 spiro atoms. The van der Waals surface area contributed by atoms with Crippen LogP contribution < -0.4 is 5.32 Å². The summed E-state index contributed by atoms with van der Waals surface area (Å²) in [4.78, 5) is 9.85. The van der Waals surface area contributed by atoms with Crippen molar-refractivity contribution >= 4 is 33.1 Å². The molecule has 5 heteroatoms. The number of aromatic nitrogens is 2. The van der Waals surface area contributed by atoms with Gasteiger partial charge in [-0.25, -0.2) is 14.4 Å². The summed E-state index contributed by atoms with van der Waals surface area (Å²) >= 11 is 1.62. The summed E-state index contributed by atoms with van der Waals surface area (Å²) in [6.07, 6.45) is 6.46. The van der Waals surface area contributed by atoms with Gasteiger partial charge in [-0.3, -0.25) is 0 Å². The van der Waals surface area contributed by atoms with Crippen LogP contribution in [-0.2, 0) is 12.8 Å². The van der Waals surface area contributed by atoms with Crippen molar-refractivity contribution in [1.29, 1.82) is 0 Å². The van der Waals surface area contributed by atoms with Crippen LogP contribution in [-0.4, -0.2) is 9.97 Å². The van der Waals surface area contributed by atoms with Crippen molar-refractivity contribution < 1.29 is 4.39 Å². The van der Waals surface area contributed by atoms with Crippen LogP contribution in [0, 0.1) is 5.82 Å². The van der Waals surface area contributed by atoms with Gasteiger partial charge in [-0.2, -0.15) is 0 Å². The van der Waals surface area contributed by atoms with E-state index >= 15 is 0 Å². The second kappa shape index (κ2) is 6.74. The molecule has 27 heavy (non-hydrogen) atoms. The highest BCUT2D eigenvalue weighted by atomic mass is 32.1. The summed E-state index contributed by atoms with van der Waals surface area (Å²) in [6, 6.07) is 13.1. The van der Waals surface area contributed by atoms with Gasteiger partial charge < -0.3 is 5.32 Å². The second-order valence-electron chi connectivity index (χ2n) is 6.87. The molecule has 4 aromatic rings. The fourth-order valence-electron chi connectivity index (χ4n) is 3.75. The molecule has 0 bridgehead atoms. The van der Waals surface area contributed by atoms with Crippen molar-refractivity contribution in [2.75, 3.05) is 5.32 Å². The Kier molecular flexibility index (Phi) is 4.09. The Balaban J connectivity index is 1.60. The largest absolute Gasteiger partial charge is 0.340 e. The number of aryl methyl sites for hydroxylation is 2. The van der Waals surface area contributed by atoms with E-state index in [2.05, 4.69) is 38.9 Å². The molecular weight excluding hydrogens is 357 g/mol. The highest BCUT2D eigenvalue weighted by molar-refractivity contribution is 7.17. The van der Waals surface area contributed by atoms with Crippen molar-refractivity contribution in [2.24, 2.45) is 0 Å². The molecule has 0 saturated heterocycles. The monoisotopic (exact) mass is 375 g/mol. The Morgan fingerprint density at radius 1 is 0.926 bits per heavy atom. The van der Waals surface area contributed by atoms with Crippen molar-refractivity contribution in [3.8, 4) is 11.1 Å². The summed E-state index contributed by atoms with van der Waals surface area (Å²) in [5.41, 5.74) is 6.10. The van der Waals surface area contributed by atoms with Gasteiger partial charge in [-0.1, -0.05) is 18.2 Å². The minimum Gasteiger partial charge on any atom is -0.340 e. The Bertz CT molecular complexity index is 1120. The fourth-order valence-corrected chi connectivity index (χ4v) is 4.67. The zero-order chi connectivity index (χ0) is 18.2. The normalized spacial score (nSPS) is 13.5. The molecule has 3 nitrogen and oxygen atoms in total. The first kappa shape index (κ1) is 16.4. The van der Waals surface area contributed by atoms with Gasteiger partial charge in [0.05, 0.1) is 5.39 Å². The summed E-state index contributed by atoms with van der Waals surface area (Å²) < 4.78 is 13.2. The van der Waals surface area contributed by atoms with Crippen LogP contribution in [0.5, 0.6) is 0 Å². The third-order valence-electron chi connectivity index (χ3n) is 5.14. The van der Waals surface area contributed by atoms with E-state index in [0.717, 1.165) is 33.7 Å². The molecule has 5 rings (SSSR count). The number of hydrogen-bond donors (Lipinski definition) is 1. The predicted octanol–water partition coefficient (Wildman–Crippen LogP) is 6.12. The topological polar surface area (TPSA) is 37.8 Å². The highest BCUT2D eigenvalue weighted by Gasteiger charge is 2.16. The van der Waals surface area contributed by atoms with Crippen LogP contribution in [0.25, 0.3) is 21.3 Å². The first-order valence-electron chi connectivity index (χ1n) is 9.15. The molecule has 0 unspecified atom stereocenters. The van der Waals surface area contributed by atoms with Gasteiger partial charge in [0.15, 0.2) is 0 Å². The average molecular weight is 375 g/mol. The molecular formula is C22H18FN3S. The zero-order valence-electron chi connectivity index (χ0n) is 14.7. The van der Waals surface area contributed by atoms with E-state index in [-0.39, 0.29) is 5.82 Å². The maximum absolute atomic E-state index is 13.2. The third-order valence-corrected chi connectivity index (χ3v) is 6.02. The molecule has 0 aliphatic heterocycles. The first-order valence-corrected chi connectivity index (χ1v) is 10.0. The summed E-state index contributed by atoms with van der Waals surface area (Å²) in [6.45, 7) is 0. The minimum atomic E-state index is -0.251. The standard InChI is InChI=1S/C22H18FN3S/c23-17-7-9-18(10-8-17)26-21-20-19(12-27-22(20)25-13-24-21)16-6-5-14-3-1-2-4-15(14)11-16/h5-13H,1-4H2,(H,24,25,26). The minimum absolute atomic E-state index is 0.251. The highest BCUT2D eigenvalue weighted by Crippen LogP contribution is 2.38. The Labute approximate surface area is 160 Å². The summed E-state index contributed by atoms with van der Waals surface area (Å²) in [5.74, 6) is 0.499. The molecule has 0 saturated carbocycles. The van der Waals surface area contributed by atoms with E-state index in [0.29, 0.717) is 0 Å². The van der Waals surface area contributed by atoms with Crippen molar-refractivity contribution in [3.63, 3.8) is 0 Å². The molecule has 2 heterocycles. The van der Waals surface area contributed by atoms with Crippen molar-refractivity contribution in [1.82, 2.24) is 9.97 Å². The van der Waals surface area contributed by atoms with E-state index < -0.39 is 0 Å². The van der Waals surface area contributed by atoms with Gasteiger partial charge in [0.1, 0.15) is 22.8 Å². The number of fused-ring (bicyclic) bond motifs is 2. The van der Waals surface area contributed by atoms with Gasteiger partial charge in [-0.05, 0) is 66.6 Å². The first-order chi connectivity index (χ1) is 13.3. The Morgan fingerprint density at radius 2 is 1.74 bits per heavy atom. The summed E-state index contributed by atoms with van der Waals surface area (Å²) in [5, 5.41) is 6.49. The number of benzene rings is 2. The van der Waals surface area contributed by atoms with Crippen molar-refractivity contribution in [2.45, 2.75) is 25.7 Å².